The first-order valence-corrected chi connectivity index (χ1v) is 12.7. The van der Waals surface area contributed by atoms with Gasteiger partial charge in [0.1, 0.15) is 42.2 Å². The third-order valence-electron chi connectivity index (χ3n) is 8.56. The molecule has 0 aromatic heterocycles. The number of carbonyl (C=O) groups is 4. The van der Waals surface area contributed by atoms with E-state index in [0.29, 0.717) is 6.61 Å². The standard InChI is InChI=1S/C27H32O11/c1-6-15(10-28)25(32)37-21-19-18(26(5)22(21)38-26)20-17(13(3)24(31)36-20)16(9-27(19)11-34-27)35-23(30)12(2)7-8-33-14(4)29/h6-7,16-22,28H,3,8-11H2,1-2,4-5H3/t16-,17-,18+,19+,20+,21+,22-,26+,27+/m1/s1. The van der Waals surface area contributed by atoms with Gasteiger partial charge in [0.05, 0.1) is 24.7 Å². The molecule has 0 bridgehead atoms. The van der Waals surface area contributed by atoms with E-state index < -0.39 is 83.9 Å². The number of epoxide rings is 2. The number of aliphatic hydroxyl groups is 1. The Kier molecular flexibility index (Phi) is 6.52. The minimum atomic E-state index is -0.808. The summed E-state index contributed by atoms with van der Waals surface area (Å²) in [7, 11) is 0. The molecule has 5 aliphatic rings. The Balaban J connectivity index is 1.46. The highest BCUT2D eigenvalue weighted by Gasteiger charge is 2.82. The lowest BCUT2D eigenvalue weighted by molar-refractivity contribution is -0.158. The number of fused-ring (bicyclic) bond motifs is 6. The van der Waals surface area contributed by atoms with Crippen LogP contribution < -0.4 is 0 Å². The maximum Gasteiger partial charge on any atom is 0.336 e. The van der Waals surface area contributed by atoms with Crippen molar-refractivity contribution in [2.75, 3.05) is 19.8 Å². The summed E-state index contributed by atoms with van der Waals surface area (Å²) in [5.41, 5.74) is -0.987. The van der Waals surface area contributed by atoms with Crippen LogP contribution in [0.3, 0.4) is 0 Å². The summed E-state index contributed by atoms with van der Waals surface area (Å²) in [5, 5.41) is 9.55. The van der Waals surface area contributed by atoms with Gasteiger partial charge in [-0.15, -0.1) is 0 Å². The minimum Gasteiger partial charge on any atom is -0.462 e. The van der Waals surface area contributed by atoms with E-state index in [1.54, 1.807) is 13.8 Å². The Morgan fingerprint density at radius 3 is 2.50 bits per heavy atom. The Labute approximate surface area is 219 Å². The van der Waals surface area contributed by atoms with Gasteiger partial charge in [-0.2, -0.15) is 0 Å². The topological polar surface area (TPSA) is 150 Å². The molecule has 0 unspecified atom stereocenters. The Bertz CT molecular complexity index is 1150. The van der Waals surface area contributed by atoms with E-state index >= 15 is 0 Å². The molecule has 1 N–H and O–H groups in total. The second-order valence-electron chi connectivity index (χ2n) is 10.7. The smallest absolute Gasteiger partial charge is 0.336 e. The van der Waals surface area contributed by atoms with Crippen LogP contribution in [-0.4, -0.2) is 84.4 Å². The van der Waals surface area contributed by atoms with Gasteiger partial charge in [0, 0.05) is 36.3 Å². The van der Waals surface area contributed by atoms with Crippen LogP contribution in [0.25, 0.3) is 0 Å². The molecule has 3 aliphatic heterocycles. The van der Waals surface area contributed by atoms with Crippen LogP contribution in [0.1, 0.15) is 34.1 Å². The predicted octanol–water partition coefficient (Wildman–Crippen LogP) is 0.932. The third kappa shape index (κ3) is 4.17. The van der Waals surface area contributed by atoms with E-state index in [4.69, 9.17) is 28.4 Å². The van der Waals surface area contributed by atoms with Crippen molar-refractivity contribution in [2.45, 2.75) is 69.7 Å². The lowest BCUT2D eigenvalue weighted by atomic mass is 9.76. The van der Waals surface area contributed by atoms with Crippen molar-refractivity contribution >= 4 is 23.9 Å². The van der Waals surface area contributed by atoms with Gasteiger partial charge in [-0.05, 0) is 26.8 Å². The van der Waals surface area contributed by atoms with Gasteiger partial charge in [0.15, 0.2) is 0 Å². The Morgan fingerprint density at radius 1 is 1.18 bits per heavy atom. The molecule has 3 heterocycles. The van der Waals surface area contributed by atoms with Gasteiger partial charge < -0.3 is 33.5 Å². The summed E-state index contributed by atoms with van der Waals surface area (Å²) in [6, 6.07) is 0. The molecule has 5 fully saturated rings. The number of allylic oxidation sites excluding steroid dienone is 1. The predicted molar refractivity (Wildman–Crippen MR) is 127 cm³/mol. The molecule has 0 amide bonds. The van der Waals surface area contributed by atoms with E-state index in [-0.39, 0.29) is 29.7 Å². The average molecular weight is 533 g/mol. The lowest BCUT2D eigenvalue weighted by Crippen LogP contribution is -2.45. The van der Waals surface area contributed by atoms with Crippen molar-refractivity contribution < 1.29 is 52.7 Å². The first-order valence-electron chi connectivity index (χ1n) is 12.7. The van der Waals surface area contributed by atoms with Crippen LogP contribution in [-0.2, 0) is 47.6 Å². The second-order valence-corrected chi connectivity index (χ2v) is 10.7. The zero-order chi connectivity index (χ0) is 27.6. The van der Waals surface area contributed by atoms with E-state index in [9.17, 15) is 24.3 Å². The van der Waals surface area contributed by atoms with E-state index in [0.717, 1.165) is 0 Å². The van der Waals surface area contributed by atoms with Gasteiger partial charge >= 0.3 is 23.9 Å². The van der Waals surface area contributed by atoms with Crippen molar-refractivity contribution in [3.63, 3.8) is 0 Å². The van der Waals surface area contributed by atoms with E-state index in [1.807, 2.05) is 6.92 Å². The number of hydrogen-bond donors (Lipinski definition) is 1. The number of aliphatic hydroxyl groups excluding tert-OH is 1. The maximum atomic E-state index is 13.0. The number of rotatable bonds is 7. The summed E-state index contributed by atoms with van der Waals surface area (Å²) < 4.78 is 34.6. The highest BCUT2D eigenvalue weighted by Crippen LogP contribution is 2.68. The van der Waals surface area contributed by atoms with Gasteiger partial charge in [-0.1, -0.05) is 12.7 Å². The highest BCUT2D eigenvalue weighted by atomic mass is 16.7. The molecule has 0 radical (unpaired) electrons. The first kappa shape index (κ1) is 26.6. The summed E-state index contributed by atoms with van der Waals surface area (Å²) in [6.07, 6.45) is 0.486. The molecule has 0 aromatic rings. The van der Waals surface area contributed by atoms with Crippen LogP contribution in [0.5, 0.6) is 0 Å². The molecule has 11 heteroatoms. The van der Waals surface area contributed by atoms with Crippen LogP contribution in [0, 0.1) is 17.8 Å². The number of hydrogen-bond acceptors (Lipinski definition) is 11. The van der Waals surface area contributed by atoms with Crippen molar-refractivity contribution in [1.82, 2.24) is 0 Å². The molecule has 11 nitrogen and oxygen atoms in total. The lowest BCUT2D eigenvalue weighted by Gasteiger charge is -2.34. The number of carbonyl (C=O) groups excluding carboxylic acids is 4. The Hall–Kier alpha value is -3.02. The van der Waals surface area contributed by atoms with Gasteiger partial charge in [0.25, 0.3) is 0 Å². The van der Waals surface area contributed by atoms with Crippen LogP contribution >= 0.6 is 0 Å². The fraction of sp³-hybridized carbons (Fsp3) is 0.630. The van der Waals surface area contributed by atoms with Crippen molar-refractivity contribution in [3.8, 4) is 0 Å². The van der Waals surface area contributed by atoms with E-state index in [2.05, 4.69) is 6.58 Å². The molecule has 206 valence electrons. The molecule has 38 heavy (non-hydrogen) atoms. The molecule has 9 atom stereocenters. The molecule has 1 spiro atoms. The second kappa shape index (κ2) is 9.32. The van der Waals surface area contributed by atoms with Gasteiger partial charge in [-0.25, -0.2) is 14.4 Å². The van der Waals surface area contributed by atoms with Gasteiger partial charge in [-0.3, -0.25) is 4.79 Å². The summed E-state index contributed by atoms with van der Waals surface area (Å²) in [5.74, 6) is -3.80. The maximum absolute atomic E-state index is 13.0. The summed E-state index contributed by atoms with van der Waals surface area (Å²) >= 11 is 0. The monoisotopic (exact) mass is 532 g/mol. The van der Waals surface area contributed by atoms with Crippen LogP contribution in [0.15, 0.2) is 35.5 Å². The zero-order valence-electron chi connectivity index (χ0n) is 21.8. The van der Waals surface area contributed by atoms with E-state index in [1.165, 1.54) is 19.1 Å². The summed E-state index contributed by atoms with van der Waals surface area (Å²) in [6.45, 7) is 10.1. The number of ether oxygens (including phenoxy) is 6. The zero-order valence-corrected chi connectivity index (χ0v) is 21.8. The molecule has 0 aromatic carbocycles. The normalized spacial score (nSPS) is 40.9. The SMILES string of the molecule is C=C1C(=O)O[C@H]2[C@H]1[C@H](OC(=O)C(C)=CCOC(C)=O)C[C@]1(CO1)[C@@H]1[C@H](OC(=O)C(=CC)CO)[C@H]3O[C@@]3(C)[C@H]21. The molecule has 2 saturated carbocycles. The van der Waals surface area contributed by atoms with Crippen molar-refractivity contribution in [1.29, 1.82) is 0 Å². The number of esters is 4. The van der Waals surface area contributed by atoms with Crippen molar-refractivity contribution in [2.24, 2.45) is 17.8 Å². The first-order chi connectivity index (χ1) is 18.0. The molecule has 3 saturated heterocycles. The summed E-state index contributed by atoms with van der Waals surface area (Å²) in [4.78, 5) is 49.6. The molecule has 2 aliphatic carbocycles. The molecule has 5 rings (SSSR count). The third-order valence-corrected chi connectivity index (χ3v) is 8.56. The Morgan fingerprint density at radius 2 is 1.89 bits per heavy atom. The molecular formula is C27H32O11. The highest BCUT2D eigenvalue weighted by molar-refractivity contribution is 5.92. The quantitative estimate of drug-likeness (QED) is 0.216. The minimum absolute atomic E-state index is 0.0787. The van der Waals surface area contributed by atoms with Crippen LogP contribution in [0.2, 0.25) is 0 Å². The fourth-order valence-electron chi connectivity index (χ4n) is 6.47. The molecular weight excluding hydrogens is 500 g/mol. The van der Waals surface area contributed by atoms with Crippen molar-refractivity contribution in [3.05, 3.63) is 35.5 Å². The fourth-order valence-corrected chi connectivity index (χ4v) is 6.47. The van der Waals surface area contributed by atoms with Gasteiger partial charge in [0.2, 0.25) is 0 Å². The van der Waals surface area contributed by atoms with Crippen LogP contribution in [0.4, 0.5) is 0 Å². The largest absolute Gasteiger partial charge is 0.462 e. The average Bonchev–Trinajstić information content (AvgIpc) is 3.74.